The van der Waals surface area contributed by atoms with Gasteiger partial charge in [0.25, 0.3) is 0 Å². The molecule has 0 aliphatic heterocycles. The molecule has 2 rings (SSSR count). The molecule has 2 nitrogen and oxygen atoms in total. The Morgan fingerprint density at radius 1 is 1.15 bits per heavy atom. The van der Waals surface area contributed by atoms with Crippen molar-refractivity contribution in [1.82, 2.24) is 0 Å². The molecule has 106 valence electrons. The van der Waals surface area contributed by atoms with E-state index in [4.69, 9.17) is 22.1 Å². The summed E-state index contributed by atoms with van der Waals surface area (Å²) in [6.07, 6.45) is 3.32. The van der Waals surface area contributed by atoms with Crippen LogP contribution in [0.1, 0.15) is 37.9 Å². The van der Waals surface area contributed by atoms with Crippen molar-refractivity contribution in [3.8, 4) is 5.75 Å². The van der Waals surface area contributed by atoms with Crippen molar-refractivity contribution in [2.75, 3.05) is 5.73 Å². The maximum Gasteiger partial charge on any atom is 0.124 e. The van der Waals surface area contributed by atoms with Crippen LogP contribution in [0.3, 0.4) is 0 Å². The number of benzene rings is 2. The van der Waals surface area contributed by atoms with Crippen molar-refractivity contribution in [1.29, 1.82) is 0 Å². The molecular formula is C17H20ClNO. The second kappa shape index (κ2) is 7.20. The average molecular weight is 290 g/mol. The van der Waals surface area contributed by atoms with Gasteiger partial charge in [-0.05, 0) is 30.5 Å². The van der Waals surface area contributed by atoms with E-state index in [9.17, 15) is 0 Å². The maximum atomic E-state index is 6.10. The zero-order valence-electron chi connectivity index (χ0n) is 11.7. The lowest BCUT2D eigenvalue weighted by Gasteiger charge is -2.20. The topological polar surface area (TPSA) is 35.2 Å². The van der Waals surface area contributed by atoms with Crippen LogP contribution in [0.5, 0.6) is 5.75 Å². The summed E-state index contributed by atoms with van der Waals surface area (Å²) in [6.45, 7) is 2.18. The Morgan fingerprint density at radius 2 is 1.90 bits per heavy atom. The number of hydrogen-bond acceptors (Lipinski definition) is 2. The molecule has 0 fully saturated rings. The summed E-state index contributed by atoms with van der Waals surface area (Å²) in [6, 6.07) is 15.7. The zero-order valence-corrected chi connectivity index (χ0v) is 12.4. The summed E-state index contributed by atoms with van der Waals surface area (Å²) in [5.41, 5.74) is 7.56. The highest BCUT2D eigenvalue weighted by Crippen LogP contribution is 2.30. The Balaban J connectivity index is 2.17. The third-order valence-electron chi connectivity index (χ3n) is 3.24. The molecule has 2 aromatic carbocycles. The van der Waals surface area contributed by atoms with Crippen molar-refractivity contribution in [2.24, 2.45) is 0 Å². The average Bonchev–Trinajstić information content (AvgIpc) is 2.48. The van der Waals surface area contributed by atoms with Gasteiger partial charge in [-0.15, -0.1) is 0 Å². The Labute approximate surface area is 125 Å². The minimum atomic E-state index is 0.0525. The fraction of sp³-hybridized carbons (Fsp3) is 0.294. The SMILES string of the molecule is CCCCC(Oc1ccc(Cl)c(N)c1)c1ccccc1. The number of ether oxygens (including phenoxy) is 1. The molecule has 0 aliphatic carbocycles. The number of unbranched alkanes of at least 4 members (excludes halogenated alkanes) is 1. The number of nitrogens with two attached hydrogens (primary N) is 1. The Hall–Kier alpha value is -1.67. The van der Waals surface area contributed by atoms with E-state index >= 15 is 0 Å². The van der Waals surface area contributed by atoms with Crippen LogP contribution in [0.4, 0.5) is 5.69 Å². The molecule has 0 radical (unpaired) electrons. The van der Waals surface area contributed by atoms with E-state index in [1.54, 1.807) is 12.1 Å². The summed E-state index contributed by atoms with van der Waals surface area (Å²) in [5.74, 6) is 0.761. The van der Waals surface area contributed by atoms with E-state index in [2.05, 4.69) is 19.1 Å². The lowest BCUT2D eigenvalue weighted by Crippen LogP contribution is -2.08. The van der Waals surface area contributed by atoms with E-state index < -0.39 is 0 Å². The van der Waals surface area contributed by atoms with Crippen LogP contribution in [0, 0.1) is 0 Å². The first kappa shape index (κ1) is 14.7. The van der Waals surface area contributed by atoms with Gasteiger partial charge in [0.1, 0.15) is 11.9 Å². The summed E-state index contributed by atoms with van der Waals surface area (Å²) in [7, 11) is 0. The highest BCUT2D eigenvalue weighted by molar-refractivity contribution is 6.33. The molecule has 1 atom stereocenters. The minimum absolute atomic E-state index is 0.0525. The van der Waals surface area contributed by atoms with Crippen molar-refractivity contribution in [3.63, 3.8) is 0 Å². The number of anilines is 1. The standard InChI is InChI=1S/C17H20ClNO/c1-2-3-9-17(13-7-5-4-6-8-13)20-14-10-11-15(18)16(19)12-14/h4-8,10-12,17H,2-3,9,19H2,1H3. The van der Waals surface area contributed by atoms with Gasteiger partial charge in [0.05, 0.1) is 10.7 Å². The van der Waals surface area contributed by atoms with Crippen LogP contribution in [0.25, 0.3) is 0 Å². The largest absolute Gasteiger partial charge is 0.486 e. The highest BCUT2D eigenvalue weighted by atomic mass is 35.5. The molecule has 0 saturated carbocycles. The van der Waals surface area contributed by atoms with Crippen molar-refractivity contribution >= 4 is 17.3 Å². The lowest BCUT2D eigenvalue weighted by atomic mass is 10.0. The van der Waals surface area contributed by atoms with E-state index in [1.165, 1.54) is 5.56 Å². The van der Waals surface area contributed by atoms with Crippen LogP contribution in [-0.4, -0.2) is 0 Å². The van der Waals surface area contributed by atoms with Crippen LogP contribution < -0.4 is 10.5 Å². The molecule has 0 amide bonds. The molecule has 0 heterocycles. The van der Waals surface area contributed by atoms with E-state index in [1.807, 2.05) is 24.3 Å². The number of halogens is 1. The van der Waals surface area contributed by atoms with E-state index in [-0.39, 0.29) is 6.10 Å². The van der Waals surface area contributed by atoms with Crippen LogP contribution in [-0.2, 0) is 0 Å². The first-order valence-corrected chi connectivity index (χ1v) is 7.35. The zero-order chi connectivity index (χ0) is 14.4. The quantitative estimate of drug-likeness (QED) is 0.739. The van der Waals surface area contributed by atoms with Crippen molar-refractivity contribution < 1.29 is 4.74 Å². The summed E-state index contributed by atoms with van der Waals surface area (Å²) >= 11 is 5.94. The minimum Gasteiger partial charge on any atom is -0.486 e. The molecule has 0 saturated heterocycles. The molecule has 0 aliphatic rings. The molecule has 0 bridgehead atoms. The fourth-order valence-electron chi connectivity index (χ4n) is 2.11. The van der Waals surface area contributed by atoms with Gasteiger partial charge < -0.3 is 10.5 Å². The summed E-state index contributed by atoms with van der Waals surface area (Å²) in [4.78, 5) is 0. The Morgan fingerprint density at radius 3 is 2.55 bits per heavy atom. The van der Waals surface area contributed by atoms with Gasteiger partial charge in [-0.3, -0.25) is 0 Å². The number of nitrogen functional groups attached to an aromatic ring is 1. The Kier molecular flexibility index (Phi) is 5.31. The highest BCUT2D eigenvalue weighted by Gasteiger charge is 2.13. The maximum absolute atomic E-state index is 6.10. The van der Waals surface area contributed by atoms with Crippen LogP contribution in [0.2, 0.25) is 5.02 Å². The first-order valence-electron chi connectivity index (χ1n) is 6.97. The third-order valence-corrected chi connectivity index (χ3v) is 3.58. The molecule has 2 aromatic rings. The van der Waals surface area contributed by atoms with Crippen LogP contribution in [0.15, 0.2) is 48.5 Å². The van der Waals surface area contributed by atoms with E-state index in [0.29, 0.717) is 10.7 Å². The summed E-state index contributed by atoms with van der Waals surface area (Å²) in [5, 5.41) is 0.558. The monoisotopic (exact) mass is 289 g/mol. The van der Waals surface area contributed by atoms with Gasteiger partial charge in [0.15, 0.2) is 0 Å². The van der Waals surface area contributed by atoms with Gasteiger partial charge in [-0.25, -0.2) is 0 Å². The second-order valence-corrected chi connectivity index (χ2v) is 5.25. The third kappa shape index (κ3) is 3.91. The molecule has 0 spiro atoms. The smallest absolute Gasteiger partial charge is 0.124 e. The van der Waals surface area contributed by atoms with Crippen LogP contribution >= 0.6 is 11.6 Å². The molecule has 20 heavy (non-hydrogen) atoms. The van der Waals surface area contributed by atoms with Gasteiger partial charge in [0.2, 0.25) is 0 Å². The Bertz CT molecular complexity index is 542. The molecule has 0 aromatic heterocycles. The van der Waals surface area contributed by atoms with Gasteiger partial charge >= 0.3 is 0 Å². The van der Waals surface area contributed by atoms with Gasteiger partial charge in [-0.2, -0.15) is 0 Å². The normalized spacial score (nSPS) is 12.1. The van der Waals surface area contributed by atoms with Gasteiger partial charge in [0, 0.05) is 6.07 Å². The molecule has 1 unspecified atom stereocenters. The number of rotatable bonds is 6. The van der Waals surface area contributed by atoms with Crippen molar-refractivity contribution in [3.05, 3.63) is 59.1 Å². The van der Waals surface area contributed by atoms with E-state index in [0.717, 1.165) is 25.0 Å². The predicted molar refractivity (Wildman–Crippen MR) is 85.2 cm³/mol. The predicted octanol–water partition coefficient (Wildman–Crippen LogP) is 5.23. The van der Waals surface area contributed by atoms with Crippen molar-refractivity contribution in [2.45, 2.75) is 32.3 Å². The number of hydrogen-bond donors (Lipinski definition) is 1. The molecule has 3 heteroatoms. The molecular weight excluding hydrogens is 270 g/mol. The fourth-order valence-corrected chi connectivity index (χ4v) is 2.23. The second-order valence-electron chi connectivity index (χ2n) is 4.84. The first-order chi connectivity index (χ1) is 9.70. The summed E-state index contributed by atoms with van der Waals surface area (Å²) < 4.78 is 6.10. The molecule has 2 N–H and O–H groups in total. The lowest BCUT2D eigenvalue weighted by molar-refractivity contribution is 0.191. The van der Waals surface area contributed by atoms with Gasteiger partial charge in [-0.1, -0.05) is 55.3 Å².